The summed E-state index contributed by atoms with van der Waals surface area (Å²) in [7, 11) is 4.56. The standard InChI is InChI=1S/C15H14N6O4/c1-18-11-12(19(2)15(23)20(3)13(11)22)17-14(18)16-8-9-4-6-10(7-5-9)21(24)25/h4-8H,1-3H3. The number of nitro groups is 1. The topological polar surface area (TPSA) is 117 Å². The summed E-state index contributed by atoms with van der Waals surface area (Å²) in [5, 5.41) is 10.7. The van der Waals surface area contributed by atoms with Crippen LogP contribution in [0.25, 0.3) is 11.2 Å². The third kappa shape index (κ3) is 2.63. The van der Waals surface area contributed by atoms with Crippen molar-refractivity contribution in [2.45, 2.75) is 0 Å². The lowest BCUT2D eigenvalue weighted by Gasteiger charge is -2.02. The number of non-ortho nitro benzene ring substituents is 1. The van der Waals surface area contributed by atoms with E-state index in [0.29, 0.717) is 5.56 Å². The van der Waals surface area contributed by atoms with E-state index in [1.54, 1.807) is 19.2 Å². The van der Waals surface area contributed by atoms with Crippen LogP contribution in [0.5, 0.6) is 0 Å². The molecule has 0 spiro atoms. The number of fused-ring (bicyclic) bond motifs is 1. The minimum atomic E-state index is -0.483. The molecular formula is C15H14N6O4. The number of nitrogens with zero attached hydrogens (tertiary/aromatic N) is 6. The van der Waals surface area contributed by atoms with E-state index in [-0.39, 0.29) is 22.8 Å². The van der Waals surface area contributed by atoms with E-state index in [1.165, 1.54) is 41.6 Å². The Labute approximate surface area is 140 Å². The summed E-state index contributed by atoms with van der Waals surface area (Å²) in [5.41, 5.74) is 0.205. The predicted octanol–water partition coefficient (Wildman–Crippen LogP) is 0.629. The molecule has 0 fully saturated rings. The van der Waals surface area contributed by atoms with Crippen molar-refractivity contribution in [1.82, 2.24) is 18.7 Å². The van der Waals surface area contributed by atoms with Gasteiger partial charge >= 0.3 is 5.69 Å². The van der Waals surface area contributed by atoms with E-state index in [2.05, 4.69) is 9.98 Å². The van der Waals surface area contributed by atoms with Gasteiger partial charge in [0.05, 0.1) is 4.92 Å². The number of hydrogen-bond acceptors (Lipinski definition) is 6. The van der Waals surface area contributed by atoms with E-state index in [0.717, 1.165) is 4.57 Å². The second kappa shape index (κ2) is 5.82. The Balaban J connectivity index is 2.08. The van der Waals surface area contributed by atoms with E-state index >= 15 is 0 Å². The molecule has 3 rings (SSSR count). The van der Waals surface area contributed by atoms with Crippen LogP contribution in [0.4, 0.5) is 11.6 Å². The summed E-state index contributed by atoms with van der Waals surface area (Å²) >= 11 is 0. The molecule has 0 radical (unpaired) electrons. The van der Waals surface area contributed by atoms with E-state index in [9.17, 15) is 19.7 Å². The molecule has 0 bridgehead atoms. The zero-order chi connectivity index (χ0) is 18.3. The minimum absolute atomic E-state index is 0.0154. The maximum Gasteiger partial charge on any atom is 0.332 e. The molecule has 0 aliphatic carbocycles. The summed E-state index contributed by atoms with van der Waals surface area (Å²) in [5.74, 6) is 0.242. The Morgan fingerprint density at radius 2 is 1.72 bits per heavy atom. The van der Waals surface area contributed by atoms with Crippen LogP contribution in [-0.4, -0.2) is 29.8 Å². The molecule has 10 nitrogen and oxygen atoms in total. The number of aliphatic imine (C=N–C) groups is 1. The van der Waals surface area contributed by atoms with Crippen LogP contribution in [0, 0.1) is 10.1 Å². The second-order valence-corrected chi connectivity index (χ2v) is 5.46. The van der Waals surface area contributed by atoms with Gasteiger partial charge in [-0.3, -0.25) is 24.0 Å². The molecule has 0 atom stereocenters. The predicted molar refractivity (Wildman–Crippen MR) is 91.5 cm³/mol. The van der Waals surface area contributed by atoms with Gasteiger partial charge in [0.2, 0.25) is 5.95 Å². The van der Waals surface area contributed by atoms with Crippen molar-refractivity contribution in [1.29, 1.82) is 0 Å². The lowest BCUT2D eigenvalue weighted by Crippen LogP contribution is -2.37. The highest BCUT2D eigenvalue weighted by Gasteiger charge is 2.16. The molecule has 2 heterocycles. The largest absolute Gasteiger partial charge is 0.332 e. The van der Waals surface area contributed by atoms with Crippen LogP contribution in [0.1, 0.15) is 5.56 Å². The summed E-state index contributed by atoms with van der Waals surface area (Å²) in [4.78, 5) is 42.9. The Kier molecular flexibility index (Phi) is 3.79. The van der Waals surface area contributed by atoms with Gasteiger partial charge in [-0.2, -0.15) is 4.98 Å². The lowest BCUT2D eigenvalue weighted by molar-refractivity contribution is -0.384. The summed E-state index contributed by atoms with van der Waals surface area (Å²) in [6.45, 7) is 0. The summed E-state index contributed by atoms with van der Waals surface area (Å²) in [6, 6.07) is 5.85. The Morgan fingerprint density at radius 1 is 1.08 bits per heavy atom. The first-order valence-electron chi connectivity index (χ1n) is 7.22. The van der Waals surface area contributed by atoms with Crippen LogP contribution in [0.2, 0.25) is 0 Å². The highest BCUT2D eigenvalue weighted by Crippen LogP contribution is 2.16. The van der Waals surface area contributed by atoms with Crippen molar-refractivity contribution in [2.75, 3.05) is 0 Å². The fourth-order valence-electron chi connectivity index (χ4n) is 2.44. The maximum atomic E-state index is 12.3. The zero-order valence-corrected chi connectivity index (χ0v) is 13.7. The normalized spacial score (nSPS) is 11.5. The summed E-state index contributed by atoms with van der Waals surface area (Å²) in [6.07, 6.45) is 1.48. The van der Waals surface area contributed by atoms with Gasteiger partial charge in [-0.15, -0.1) is 0 Å². The number of aryl methyl sites for hydroxylation is 2. The Morgan fingerprint density at radius 3 is 2.32 bits per heavy atom. The van der Waals surface area contributed by atoms with E-state index < -0.39 is 16.2 Å². The monoisotopic (exact) mass is 342 g/mol. The quantitative estimate of drug-likeness (QED) is 0.393. The molecule has 0 N–H and O–H groups in total. The average molecular weight is 342 g/mol. The van der Waals surface area contributed by atoms with Gasteiger partial charge in [0.1, 0.15) is 0 Å². The Bertz CT molecular complexity index is 1130. The van der Waals surface area contributed by atoms with Gasteiger partial charge in [-0.1, -0.05) is 0 Å². The highest BCUT2D eigenvalue weighted by atomic mass is 16.6. The van der Waals surface area contributed by atoms with Gasteiger partial charge in [-0.05, 0) is 17.7 Å². The van der Waals surface area contributed by atoms with Gasteiger partial charge in [0.25, 0.3) is 11.2 Å². The van der Waals surface area contributed by atoms with Crippen molar-refractivity contribution >= 4 is 29.0 Å². The van der Waals surface area contributed by atoms with Crippen molar-refractivity contribution in [3.05, 3.63) is 60.8 Å². The fraction of sp³-hybridized carbons (Fsp3) is 0.200. The van der Waals surface area contributed by atoms with Crippen LogP contribution in [0.3, 0.4) is 0 Å². The molecule has 0 saturated carbocycles. The van der Waals surface area contributed by atoms with Crippen molar-refractivity contribution in [2.24, 2.45) is 26.1 Å². The van der Waals surface area contributed by atoms with Gasteiger partial charge in [-0.25, -0.2) is 9.79 Å². The molecule has 0 amide bonds. The molecule has 2 aromatic heterocycles. The van der Waals surface area contributed by atoms with E-state index in [1.807, 2.05) is 0 Å². The number of nitro benzene ring substituents is 1. The maximum absolute atomic E-state index is 12.3. The smallest absolute Gasteiger partial charge is 0.306 e. The third-order valence-electron chi connectivity index (χ3n) is 3.88. The minimum Gasteiger partial charge on any atom is -0.306 e. The molecular weight excluding hydrogens is 328 g/mol. The molecule has 3 aromatic rings. The average Bonchev–Trinajstić information content (AvgIpc) is 2.93. The Hall–Kier alpha value is -3.56. The number of benzene rings is 1. The van der Waals surface area contributed by atoms with Crippen LogP contribution in [-0.2, 0) is 21.1 Å². The molecule has 0 aliphatic heterocycles. The molecule has 25 heavy (non-hydrogen) atoms. The van der Waals surface area contributed by atoms with Crippen LogP contribution < -0.4 is 11.2 Å². The molecule has 1 aromatic carbocycles. The number of rotatable bonds is 3. The van der Waals surface area contributed by atoms with E-state index in [4.69, 9.17) is 0 Å². The van der Waals surface area contributed by atoms with Crippen LogP contribution >= 0.6 is 0 Å². The van der Waals surface area contributed by atoms with Crippen LogP contribution in [0.15, 0.2) is 38.8 Å². The first kappa shape index (κ1) is 16.3. The molecule has 0 aliphatic rings. The number of aromatic nitrogens is 4. The highest BCUT2D eigenvalue weighted by molar-refractivity contribution is 5.83. The lowest BCUT2D eigenvalue weighted by atomic mass is 10.2. The fourth-order valence-corrected chi connectivity index (χ4v) is 2.44. The first-order valence-corrected chi connectivity index (χ1v) is 7.22. The van der Waals surface area contributed by atoms with Gasteiger partial charge < -0.3 is 4.57 Å². The van der Waals surface area contributed by atoms with Crippen molar-refractivity contribution < 1.29 is 4.92 Å². The first-order chi connectivity index (χ1) is 11.8. The molecule has 10 heteroatoms. The van der Waals surface area contributed by atoms with Crippen molar-refractivity contribution in [3.8, 4) is 0 Å². The second-order valence-electron chi connectivity index (χ2n) is 5.46. The third-order valence-corrected chi connectivity index (χ3v) is 3.88. The molecule has 128 valence electrons. The van der Waals surface area contributed by atoms with Gasteiger partial charge in [0.15, 0.2) is 11.2 Å². The zero-order valence-electron chi connectivity index (χ0n) is 13.7. The van der Waals surface area contributed by atoms with Gasteiger partial charge in [0, 0.05) is 39.5 Å². The summed E-state index contributed by atoms with van der Waals surface area (Å²) < 4.78 is 3.79. The number of hydrogen-bond donors (Lipinski definition) is 0. The van der Waals surface area contributed by atoms with Crippen molar-refractivity contribution in [3.63, 3.8) is 0 Å². The molecule has 0 unspecified atom stereocenters. The molecule has 0 saturated heterocycles. The SMILES string of the molecule is Cn1c(=O)c2c(nc(N=Cc3ccc([N+](=O)[O-])cc3)n2C)n(C)c1=O. The number of imidazole rings is 1.